The number of carbonyl (C=O) groups is 3. The van der Waals surface area contributed by atoms with Gasteiger partial charge in [0.25, 0.3) is 0 Å². The average Bonchev–Trinajstić information content (AvgIpc) is 2.75. The second kappa shape index (κ2) is 9.98. The molecule has 6 heteroatoms. The summed E-state index contributed by atoms with van der Waals surface area (Å²) < 4.78 is 0. The van der Waals surface area contributed by atoms with Crippen LogP contribution in [0, 0.1) is 0 Å². The third-order valence-electron chi connectivity index (χ3n) is 5.13. The smallest absolute Gasteiger partial charge is 0.224 e. The molecule has 0 saturated carbocycles. The number of rotatable bonds is 7. The maximum Gasteiger partial charge on any atom is 0.224 e. The van der Waals surface area contributed by atoms with E-state index >= 15 is 0 Å². The topological polar surface area (TPSA) is 69.7 Å². The Bertz CT molecular complexity index is 841. The van der Waals surface area contributed by atoms with E-state index in [-0.39, 0.29) is 24.0 Å². The van der Waals surface area contributed by atoms with Gasteiger partial charge >= 0.3 is 0 Å². The Morgan fingerprint density at radius 1 is 0.862 bits per heavy atom. The van der Waals surface area contributed by atoms with E-state index in [0.29, 0.717) is 24.1 Å². The highest BCUT2D eigenvalue weighted by molar-refractivity contribution is 6.08. The van der Waals surface area contributed by atoms with Gasteiger partial charge in [-0.05, 0) is 12.6 Å². The first-order chi connectivity index (χ1) is 14.0. The first-order valence-electron chi connectivity index (χ1n) is 9.94. The molecule has 1 aliphatic heterocycles. The van der Waals surface area contributed by atoms with Crippen molar-refractivity contribution < 1.29 is 14.4 Å². The molecule has 1 N–H and O–H groups in total. The van der Waals surface area contributed by atoms with Crippen LogP contribution in [-0.4, -0.2) is 67.2 Å². The fourth-order valence-electron chi connectivity index (χ4n) is 3.30. The van der Waals surface area contributed by atoms with Crippen molar-refractivity contribution >= 4 is 17.6 Å². The molecule has 2 aromatic rings. The molecule has 0 bridgehead atoms. The minimum atomic E-state index is -0.127. The summed E-state index contributed by atoms with van der Waals surface area (Å²) in [5.74, 6) is -0.0792. The van der Waals surface area contributed by atoms with E-state index in [2.05, 4.69) is 10.2 Å². The van der Waals surface area contributed by atoms with E-state index < -0.39 is 0 Å². The van der Waals surface area contributed by atoms with Crippen molar-refractivity contribution in [3.8, 4) is 0 Å². The summed E-state index contributed by atoms with van der Waals surface area (Å²) in [5, 5.41) is 2.81. The first-order valence-corrected chi connectivity index (χ1v) is 9.94. The minimum absolute atomic E-state index is 0.0379. The number of nitrogens with one attached hydrogen (secondary N) is 1. The lowest BCUT2D eigenvalue weighted by atomic mass is 10.0. The Morgan fingerprint density at radius 3 is 2.14 bits per heavy atom. The van der Waals surface area contributed by atoms with Crippen molar-refractivity contribution in [1.82, 2.24) is 15.1 Å². The van der Waals surface area contributed by atoms with Gasteiger partial charge in [-0.3, -0.25) is 14.4 Å². The summed E-state index contributed by atoms with van der Waals surface area (Å²) in [6.07, 6.45) is 0.544. The lowest BCUT2D eigenvalue weighted by Gasteiger charge is -2.32. The molecule has 0 radical (unpaired) electrons. The molecular weight excluding hydrogens is 366 g/mol. The van der Waals surface area contributed by atoms with Crippen molar-refractivity contribution in [2.45, 2.75) is 12.8 Å². The number of benzene rings is 2. The highest BCUT2D eigenvalue weighted by atomic mass is 16.2. The molecule has 1 heterocycles. The van der Waals surface area contributed by atoms with Crippen LogP contribution < -0.4 is 5.32 Å². The third-order valence-corrected chi connectivity index (χ3v) is 5.13. The molecule has 3 rings (SSSR count). The van der Waals surface area contributed by atoms with Crippen molar-refractivity contribution in [3.05, 3.63) is 71.3 Å². The van der Waals surface area contributed by atoms with E-state index in [0.717, 1.165) is 31.7 Å². The van der Waals surface area contributed by atoms with Gasteiger partial charge in [0.1, 0.15) is 0 Å². The Hall–Kier alpha value is -2.99. The monoisotopic (exact) mass is 393 g/mol. The second-order valence-corrected chi connectivity index (χ2v) is 7.35. The summed E-state index contributed by atoms with van der Waals surface area (Å²) in [6.45, 7) is 3.62. The SMILES string of the molecule is CN1CCN(C(=O)CCNC(=O)Cc2ccc(C(=O)c3ccccc3)cc2)CC1. The normalized spacial score (nSPS) is 14.4. The molecule has 0 aliphatic carbocycles. The Morgan fingerprint density at radius 2 is 1.48 bits per heavy atom. The molecule has 2 amide bonds. The van der Waals surface area contributed by atoms with Crippen LogP contribution in [-0.2, 0) is 16.0 Å². The fraction of sp³-hybridized carbons (Fsp3) is 0.348. The van der Waals surface area contributed by atoms with Gasteiger partial charge in [0.05, 0.1) is 6.42 Å². The number of carbonyl (C=O) groups excluding carboxylic acids is 3. The number of likely N-dealkylation sites (N-methyl/N-ethyl adjacent to an activating group) is 1. The van der Waals surface area contributed by atoms with Crippen LogP contribution in [0.2, 0.25) is 0 Å². The zero-order valence-electron chi connectivity index (χ0n) is 16.8. The molecular formula is C23H27N3O3. The standard InChI is InChI=1S/C23H27N3O3/c1-25-13-15-26(16-14-25)22(28)11-12-24-21(27)17-18-7-9-20(10-8-18)23(29)19-5-3-2-4-6-19/h2-10H,11-17H2,1H3,(H,24,27). The van der Waals surface area contributed by atoms with Gasteiger partial charge in [-0.25, -0.2) is 0 Å². The first kappa shape index (κ1) is 20.7. The number of amides is 2. The molecule has 152 valence electrons. The number of hydrogen-bond donors (Lipinski definition) is 1. The molecule has 1 saturated heterocycles. The summed E-state index contributed by atoms with van der Waals surface area (Å²) in [4.78, 5) is 40.8. The van der Waals surface area contributed by atoms with Gasteiger partial charge in [0.2, 0.25) is 11.8 Å². The highest BCUT2D eigenvalue weighted by Gasteiger charge is 2.18. The average molecular weight is 393 g/mol. The number of hydrogen-bond acceptors (Lipinski definition) is 4. The van der Waals surface area contributed by atoms with Crippen molar-refractivity contribution in [2.24, 2.45) is 0 Å². The van der Waals surface area contributed by atoms with Crippen LogP contribution in [0.25, 0.3) is 0 Å². The lowest BCUT2D eigenvalue weighted by Crippen LogP contribution is -2.47. The summed E-state index contributed by atoms with van der Waals surface area (Å²) in [6, 6.07) is 16.2. The van der Waals surface area contributed by atoms with E-state index in [4.69, 9.17) is 0 Å². The molecule has 0 atom stereocenters. The van der Waals surface area contributed by atoms with Crippen LogP contribution in [0.1, 0.15) is 27.9 Å². The van der Waals surface area contributed by atoms with Gasteiger partial charge in [-0.2, -0.15) is 0 Å². The predicted molar refractivity (Wildman–Crippen MR) is 112 cm³/mol. The zero-order chi connectivity index (χ0) is 20.6. The quantitative estimate of drug-likeness (QED) is 0.728. The summed E-state index contributed by atoms with van der Waals surface area (Å²) in [7, 11) is 2.05. The van der Waals surface area contributed by atoms with Crippen molar-refractivity contribution in [1.29, 1.82) is 0 Å². The molecule has 6 nitrogen and oxygen atoms in total. The lowest BCUT2D eigenvalue weighted by molar-refractivity contribution is -0.132. The number of ketones is 1. The van der Waals surface area contributed by atoms with Crippen LogP contribution in [0.4, 0.5) is 0 Å². The van der Waals surface area contributed by atoms with Gasteiger partial charge in [-0.15, -0.1) is 0 Å². The molecule has 0 unspecified atom stereocenters. The van der Waals surface area contributed by atoms with Gasteiger partial charge in [0, 0.05) is 50.3 Å². The van der Waals surface area contributed by atoms with Crippen molar-refractivity contribution in [2.75, 3.05) is 39.8 Å². The van der Waals surface area contributed by atoms with Gasteiger partial charge in [0.15, 0.2) is 5.78 Å². The van der Waals surface area contributed by atoms with Gasteiger partial charge < -0.3 is 15.1 Å². The summed E-state index contributed by atoms with van der Waals surface area (Å²) >= 11 is 0. The fourth-order valence-corrected chi connectivity index (χ4v) is 3.30. The zero-order valence-corrected chi connectivity index (χ0v) is 16.8. The van der Waals surface area contributed by atoms with Crippen LogP contribution >= 0.6 is 0 Å². The summed E-state index contributed by atoms with van der Waals surface area (Å²) in [5.41, 5.74) is 2.07. The molecule has 1 aliphatic rings. The van der Waals surface area contributed by atoms with Crippen LogP contribution in [0.5, 0.6) is 0 Å². The van der Waals surface area contributed by atoms with Crippen LogP contribution in [0.15, 0.2) is 54.6 Å². The van der Waals surface area contributed by atoms with Crippen molar-refractivity contribution in [3.63, 3.8) is 0 Å². The molecule has 29 heavy (non-hydrogen) atoms. The number of nitrogens with zero attached hydrogens (tertiary/aromatic N) is 2. The minimum Gasteiger partial charge on any atom is -0.355 e. The Labute approximate surface area is 171 Å². The molecule has 1 fully saturated rings. The number of piperazine rings is 1. The van der Waals surface area contributed by atoms with Crippen LogP contribution in [0.3, 0.4) is 0 Å². The predicted octanol–water partition coefficient (Wildman–Crippen LogP) is 1.74. The van der Waals surface area contributed by atoms with Gasteiger partial charge in [-0.1, -0.05) is 54.6 Å². The van der Waals surface area contributed by atoms with E-state index in [1.165, 1.54) is 0 Å². The third kappa shape index (κ3) is 5.99. The molecule has 0 spiro atoms. The molecule has 2 aromatic carbocycles. The molecule has 0 aromatic heterocycles. The second-order valence-electron chi connectivity index (χ2n) is 7.35. The maximum absolute atomic E-state index is 12.4. The van der Waals surface area contributed by atoms with E-state index in [9.17, 15) is 14.4 Å². The Balaban J connectivity index is 1.42. The Kier molecular flexibility index (Phi) is 7.14. The maximum atomic E-state index is 12.4. The van der Waals surface area contributed by atoms with E-state index in [1.807, 2.05) is 30.1 Å². The van der Waals surface area contributed by atoms with E-state index in [1.54, 1.807) is 36.4 Å². The largest absolute Gasteiger partial charge is 0.355 e. The highest BCUT2D eigenvalue weighted by Crippen LogP contribution is 2.11.